The summed E-state index contributed by atoms with van der Waals surface area (Å²) in [5, 5.41) is 8.87. The maximum Gasteiger partial charge on any atom is 0.372 e. The van der Waals surface area contributed by atoms with Gasteiger partial charge >= 0.3 is 5.97 Å². The zero-order valence-electron chi connectivity index (χ0n) is 9.06. The molecule has 0 unspecified atom stereocenters. The molecule has 16 heavy (non-hydrogen) atoms. The van der Waals surface area contributed by atoms with Gasteiger partial charge in [0.1, 0.15) is 0 Å². The Bertz CT molecular complexity index is 371. The number of aromatic carboxylic acids is 1. The number of nitrogens with zero attached hydrogens (tertiary/aromatic N) is 1. The summed E-state index contributed by atoms with van der Waals surface area (Å²) in [6.07, 6.45) is 4.92. The number of carboxylic acid groups (broad SMARTS) is 1. The Morgan fingerprint density at radius 3 is 2.56 bits per heavy atom. The first kappa shape index (κ1) is 12.3. The van der Waals surface area contributed by atoms with Gasteiger partial charge in [-0.3, -0.25) is 4.90 Å². The molecule has 0 spiro atoms. The number of furan rings is 1. The van der Waals surface area contributed by atoms with Gasteiger partial charge in [0, 0.05) is 25.2 Å². The van der Waals surface area contributed by atoms with Crippen LogP contribution in [0, 0.1) is 0 Å². The highest BCUT2D eigenvalue weighted by Crippen LogP contribution is 2.13. The van der Waals surface area contributed by atoms with Crippen LogP contribution < -0.4 is 0 Å². The first-order valence-corrected chi connectivity index (χ1v) is 4.92. The van der Waals surface area contributed by atoms with E-state index in [0.717, 1.165) is 0 Å². The summed E-state index contributed by atoms with van der Waals surface area (Å²) in [5.41, 5.74) is 0.663. The van der Waals surface area contributed by atoms with Crippen molar-refractivity contribution >= 4 is 5.97 Å². The number of hydrogen-bond acceptors (Lipinski definition) is 3. The molecular weight excluding hydrogens is 206 g/mol. The number of carboxylic acids is 1. The van der Waals surface area contributed by atoms with Gasteiger partial charge in [-0.05, 0) is 6.07 Å². The van der Waals surface area contributed by atoms with E-state index < -0.39 is 5.97 Å². The lowest BCUT2D eigenvalue weighted by Crippen LogP contribution is -2.23. The summed E-state index contributed by atoms with van der Waals surface area (Å²) in [7, 11) is 0. The second kappa shape index (κ2) is 5.92. The van der Waals surface area contributed by atoms with Crippen LogP contribution in [0.2, 0.25) is 0 Å². The number of carbonyl (C=O) groups is 1. The third-order valence-corrected chi connectivity index (χ3v) is 2.11. The van der Waals surface area contributed by atoms with Crippen molar-refractivity contribution in [3.8, 4) is 0 Å². The van der Waals surface area contributed by atoms with Gasteiger partial charge in [0.15, 0.2) is 0 Å². The van der Waals surface area contributed by atoms with E-state index in [9.17, 15) is 4.79 Å². The Morgan fingerprint density at radius 1 is 1.44 bits per heavy atom. The van der Waals surface area contributed by atoms with Crippen LogP contribution in [-0.2, 0) is 6.54 Å². The van der Waals surface area contributed by atoms with E-state index in [-0.39, 0.29) is 5.76 Å². The highest BCUT2D eigenvalue weighted by molar-refractivity contribution is 5.86. The molecule has 1 rings (SSSR count). The Labute approximate surface area is 94.5 Å². The minimum atomic E-state index is -1.04. The minimum Gasteiger partial charge on any atom is -0.475 e. The summed E-state index contributed by atoms with van der Waals surface area (Å²) in [6.45, 7) is 9.17. The van der Waals surface area contributed by atoms with Crippen LogP contribution in [0.3, 0.4) is 0 Å². The van der Waals surface area contributed by atoms with Crippen molar-refractivity contribution in [2.75, 3.05) is 13.1 Å². The average molecular weight is 221 g/mol. The van der Waals surface area contributed by atoms with Crippen LogP contribution in [0.5, 0.6) is 0 Å². The van der Waals surface area contributed by atoms with E-state index in [1.165, 1.54) is 6.26 Å². The molecule has 0 aliphatic heterocycles. The van der Waals surface area contributed by atoms with Gasteiger partial charge in [-0.2, -0.15) is 0 Å². The lowest BCUT2D eigenvalue weighted by atomic mass is 10.2. The molecule has 1 aromatic heterocycles. The largest absolute Gasteiger partial charge is 0.475 e. The SMILES string of the molecule is C=CCN(CC=C)Cc1ccoc1C(=O)O. The summed E-state index contributed by atoms with van der Waals surface area (Å²) < 4.78 is 4.91. The Balaban J connectivity index is 2.75. The normalized spacial score (nSPS) is 10.3. The van der Waals surface area contributed by atoms with Gasteiger partial charge in [-0.15, -0.1) is 13.2 Å². The van der Waals surface area contributed by atoms with Gasteiger partial charge in [-0.1, -0.05) is 12.2 Å². The minimum absolute atomic E-state index is 0.00174. The lowest BCUT2D eigenvalue weighted by molar-refractivity contribution is 0.0659. The van der Waals surface area contributed by atoms with Gasteiger partial charge in [-0.25, -0.2) is 4.79 Å². The molecule has 0 aliphatic carbocycles. The molecule has 0 saturated carbocycles. The first-order valence-electron chi connectivity index (χ1n) is 4.92. The fraction of sp³-hybridized carbons (Fsp3) is 0.250. The van der Waals surface area contributed by atoms with E-state index in [1.54, 1.807) is 18.2 Å². The molecule has 0 atom stereocenters. The van der Waals surface area contributed by atoms with Crippen LogP contribution in [-0.4, -0.2) is 29.1 Å². The molecule has 1 aromatic rings. The summed E-state index contributed by atoms with van der Waals surface area (Å²) in [4.78, 5) is 12.8. The van der Waals surface area contributed by atoms with E-state index in [0.29, 0.717) is 25.2 Å². The summed E-state index contributed by atoms with van der Waals surface area (Å²) in [5.74, 6) is -1.05. The topological polar surface area (TPSA) is 53.7 Å². The molecule has 0 radical (unpaired) electrons. The summed E-state index contributed by atoms with van der Waals surface area (Å²) in [6, 6.07) is 1.67. The molecule has 0 saturated heterocycles. The molecule has 1 heterocycles. The smallest absolute Gasteiger partial charge is 0.372 e. The average Bonchev–Trinajstić information content (AvgIpc) is 2.66. The van der Waals surface area contributed by atoms with Crippen molar-refractivity contribution in [1.82, 2.24) is 4.90 Å². The van der Waals surface area contributed by atoms with E-state index in [1.807, 2.05) is 4.90 Å². The molecule has 0 aromatic carbocycles. The molecule has 4 heteroatoms. The fourth-order valence-corrected chi connectivity index (χ4v) is 1.46. The molecule has 0 fully saturated rings. The molecular formula is C12H15NO3. The Kier molecular flexibility index (Phi) is 4.54. The van der Waals surface area contributed by atoms with Crippen molar-refractivity contribution in [2.45, 2.75) is 6.54 Å². The van der Waals surface area contributed by atoms with Gasteiger partial charge in [0.05, 0.1) is 6.26 Å². The highest BCUT2D eigenvalue weighted by atomic mass is 16.4. The molecule has 0 bridgehead atoms. The monoisotopic (exact) mass is 221 g/mol. The van der Waals surface area contributed by atoms with Crippen LogP contribution in [0.25, 0.3) is 0 Å². The predicted octanol–water partition coefficient (Wildman–Crippen LogP) is 2.15. The second-order valence-corrected chi connectivity index (χ2v) is 3.35. The number of rotatable bonds is 7. The third-order valence-electron chi connectivity index (χ3n) is 2.11. The zero-order valence-corrected chi connectivity index (χ0v) is 9.06. The second-order valence-electron chi connectivity index (χ2n) is 3.35. The Morgan fingerprint density at radius 2 is 2.06 bits per heavy atom. The van der Waals surface area contributed by atoms with E-state index >= 15 is 0 Å². The Hall–Kier alpha value is -1.81. The van der Waals surface area contributed by atoms with Crippen molar-refractivity contribution < 1.29 is 14.3 Å². The third kappa shape index (κ3) is 3.10. The van der Waals surface area contributed by atoms with Gasteiger partial charge < -0.3 is 9.52 Å². The predicted molar refractivity (Wildman–Crippen MR) is 61.3 cm³/mol. The highest BCUT2D eigenvalue weighted by Gasteiger charge is 2.15. The van der Waals surface area contributed by atoms with Crippen molar-refractivity contribution in [3.05, 3.63) is 49.0 Å². The lowest BCUT2D eigenvalue weighted by Gasteiger charge is -2.17. The summed E-state index contributed by atoms with van der Waals surface area (Å²) >= 11 is 0. The molecule has 86 valence electrons. The van der Waals surface area contributed by atoms with Crippen LogP contribution in [0.4, 0.5) is 0 Å². The van der Waals surface area contributed by atoms with Crippen molar-refractivity contribution in [3.63, 3.8) is 0 Å². The van der Waals surface area contributed by atoms with Gasteiger partial charge in [0.25, 0.3) is 0 Å². The van der Waals surface area contributed by atoms with E-state index in [2.05, 4.69) is 13.2 Å². The van der Waals surface area contributed by atoms with Crippen LogP contribution in [0.1, 0.15) is 16.1 Å². The quantitative estimate of drug-likeness (QED) is 0.717. The van der Waals surface area contributed by atoms with E-state index in [4.69, 9.17) is 9.52 Å². The fourth-order valence-electron chi connectivity index (χ4n) is 1.46. The van der Waals surface area contributed by atoms with Crippen molar-refractivity contribution in [1.29, 1.82) is 0 Å². The van der Waals surface area contributed by atoms with Crippen molar-refractivity contribution in [2.24, 2.45) is 0 Å². The zero-order chi connectivity index (χ0) is 12.0. The first-order chi connectivity index (χ1) is 7.69. The standard InChI is InChI=1S/C12H15NO3/c1-3-6-13(7-4-2)9-10-5-8-16-11(10)12(14)15/h3-5,8H,1-2,6-7,9H2,(H,14,15). The maximum atomic E-state index is 10.8. The molecule has 0 amide bonds. The van der Waals surface area contributed by atoms with Gasteiger partial charge in [0.2, 0.25) is 5.76 Å². The molecule has 1 N–H and O–H groups in total. The van der Waals surface area contributed by atoms with Crippen LogP contribution >= 0.6 is 0 Å². The van der Waals surface area contributed by atoms with Crippen LogP contribution in [0.15, 0.2) is 42.1 Å². The molecule has 0 aliphatic rings. The molecule has 4 nitrogen and oxygen atoms in total. The number of hydrogen-bond donors (Lipinski definition) is 1. The maximum absolute atomic E-state index is 10.8.